The summed E-state index contributed by atoms with van der Waals surface area (Å²) in [7, 11) is 0. The lowest BCUT2D eigenvalue weighted by Crippen LogP contribution is -2.17. The Morgan fingerprint density at radius 1 is 0.588 bits per heavy atom. The lowest BCUT2D eigenvalue weighted by Gasteiger charge is -2.31. The molecule has 0 saturated heterocycles. The van der Waals surface area contributed by atoms with Crippen molar-refractivity contribution in [3.63, 3.8) is 0 Å². The summed E-state index contributed by atoms with van der Waals surface area (Å²) in [6.45, 7) is 16.1. The highest BCUT2D eigenvalue weighted by Crippen LogP contribution is 2.51. The maximum atomic E-state index is 6.27. The summed E-state index contributed by atoms with van der Waals surface area (Å²) < 4.78 is 6.27. The molecule has 2 nitrogen and oxygen atoms in total. The monoisotopic (exact) mass is 663 g/mol. The van der Waals surface area contributed by atoms with Crippen LogP contribution < -0.4 is 4.90 Å². The zero-order valence-electron chi connectivity index (χ0n) is 30.8. The first-order valence-electron chi connectivity index (χ1n) is 18.0. The number of benzene rings is 7. The lowest BCUT2D eigenvalue weighted by atomic mass is 9.82. The fourth-order valence-corrected chi connectivity index (χ4v) is 8.27. The second-order valence-electron chi connectivity index (χ2n) is 14.9. The van der Waals surface area contributed by atoms with E-state index in [-0.39, 0.29) is 5.41 Å². The number of allylic oxidation sites excluding steroid dienone is 1. The van der Waals surface area contributed by atoms with Gasteiger partial charge in [0.1, 0.15) is 6.61 Å². The van der Waals surface area contributed by atoms with E-state index in [0.717, 1.165) is 17.0 Å². The Labute approximate surface area is 302 Å². The number of nitrogens with zero attached hydrogens (tertiary/aromatic N) is 1. The SMILES string of the molecule is CC(=Cc1ccc2cc(N(c3ccc4c(c3)C(C)(C)c3ccccc3-4)c3c(C)cc(C)cc3C)ccc2c1)OCc1cc2ccccc2cc1C. The predicted molar refractivity (Wildman–Crippen MR) is 218 cm³/mol. The minimum Gasteiger partial charge on any atom is -0.494 e. The van der Waals surface area contributed by atoms with Crippen LogP contribution in [-0.4, -0.2) is 0 Å². The third kappa shape index (κ3) is 5.89. The first-order valence-corrected chi connectivity index (χ1v) is 18.0. The van der Waals surface area contributed by atoms with Crippen molar-refractivity contribution in [1.29, 1.82) is 0 Å². The molecule has 1 aliphatic carbocycles. The highest BCUT2D eigenvalue weighted by molar-refractivity contribution is 5.92. The molecule has 1 aliphatic rings. The molecule has 0 heterocycles. The molecule has 252 valence electrons. The molecule has 2 heteroatoms. The molecule has 0 bridgehead atoms. The van der Waals surface area contributed by atoms with E-state index >= 15 is 0 Å². The number of anilines is 3. The smallest absolute Gasteiger partial charge is 0.113 e. The minimum absolute atomic E-state index is 0.0750. The van der Waals surface area contributed by atoms with E-state index in [0.29, 0.717) is 6.61 Å². The third-order valence-electron chi connectivity index (χ3n) is 10.8. The summed E-state index contributed by atoms with van der Waals surface area (Å²) >= 11 is 0. The Morgan fingerprint density at radius 3 is 1.98 bits per heavy atom. The molecule has 0 spiro atoms. The Bertz CT molecular complexity index is 2490. The summed E-state index contributed by atoms with van der Waals surface area (Å²) in [6.07, 6.45) is 2.14. The molecular weight excluding hydrogens is 619 g/mol. The number of fused-ring (bicyclic) bond motifs is 5. The average molecular weight is 664 g/mol. The van der Waals surface area contributed by atoms with Gasteiger partial charge in [-0.05, 0) is 149 Å². The Hall–Kier alpha value is -5.60. The maximum absolute atomic E-state index is 6.27. The first kappa shape index (κ1) is 32.6. The van der Waals surface area contributed by atoms with E-state index in [1.54, 1.807) is 0 Å². The molecule has 0 aliphatic heterocycles. The zero-order chi connectivity index (χ0) is 35.4. The zero-order valence-corrected chi connectivity index (χ0v) is 30.8. The van der Waals surface area contributed by atoms with Crippen molar-refractivity contribution in [1.82, 2.24) is 0 Å². The summed E-state index contributed by atoms with van der Waals surface area (Å²) in [5.41, 5.74) is 16.4. The lowest BCUT2D eigenvalue weighted by molar-refractivity contribution is 0.203. The van der Waals surface area contributed by atoms with Crippen molar-refractivity contribution < 1.29 is 4.74 Å². The maximum Gasteiger partial charge on any atom is 0.113 e. The molecule has 0 aromatic heterocycles. The van der Waals surface area contributed by atoms with Crippen LogP contribution in [0, 0.1) is 27.7 Å². The van der Waals surface area contributed by atoms with Gasteiger partial charge >= 0.3 is 0 Å². The topological polar surface area (TPSA) is 12.5 Å². The van der Waals surface area contributed by atoms with Gasteiger partial charge in [-0.15, -0.1) is 0 Å². The van der Waals surface area contributed by atoms with Gasteiger partial charge in [-0.3, -0.25) is 0 Å². The van der Waals surface area contributed by atoms with Crippen molar-refractivity contribution in [2.75, 3.05) is 4.90 Å². The minimum atomic E-state index is -0.0750. The molecule has 0 radical (unpaired) electrons. The van der Waals surface area contributed by atoms with Gasteiger partial charge in [-0.1, -0.05) is 110 Å². The quantitative estimate of drug-likeness (QED) is 0.157. The van der Waals surface area contributed by atoms with E-state index in [1.807, 2.05) is 6.92 Å². The second kappa shape index (κ2) is 12.6. The van der Waals surface area contributed by atoms with Crippen LogP contribution in [0.4, 0.5) is 17.1 Å². The van der Waals surface area contributed by atoms with Gasteiger partial charge < -0.3 is 9.64 Å². The van der Waals surface area contributed by atoms with E-state index in [4.69, 9.17) is 4.74 Å². The van der Waals surface area contributed by atoms with Crippen LogP contribution in [0.25, 0.3) is 38.7 Å². The number of ether oxygens (including phenoxy) is 1. The van der Waals surface area contributed by atoms with E-state index < -0.39 is 0 Å². The molecule has 0 fully saturated rings. The van der Waals surface area contributed by atoms with Crippen molar-refractivity contribution in [2.45, 2.75) is 60.5 Å². The van der Waals surface area contributed by atoms with Gasteiger partial charge in [0.05, 0.1) is 11.4 Å². The van der Waals surface area contributed by atoms with Crippen LogP contribution in [0.2, 0.25) is 0 Å². The molecule has 51 heavy (non-hydrogen) atoms. The first-order chi connectivity index (χ1) is 24.6. The summed E-state index contributed by atoms with van der Waals surface area (Å²) in [4.78, 5) is 2.46. The van der Waals surface area contributed by atoms with Crippen LogP contribution in [0.5, 0.6) is 0 Å². The molecule has 8 rings (SSSR count). The molecule has 0 N–H and O–H groups in total. The molecule has 0 unspecified atom stereocenters. The Balaban J connectivity index is 1.13. The van der Waals surface area contributed by atoms with Gasteiger partial charge in [-0.25, -0.2) is 0 Å². The number of hydrogen-bond donors (Lipinski definition) is 0. The highest BCUT2D eigenvalue weighted by Gasteiger charge is 2.35. The van der Waals surface area contributed by atoms with Crippen molar-refractivity contribution in [2.24, 2.45) is 0 Å². The number of hydrogen-bond acceptors (Lipinski definition) is 2. The molecule has 0 amide bonds. The van der Waals surface area contributed by atoms with Gasteiger partial charge in [0.15, 0.2) is 0 Å². The van der Waals surface area contributed by atoms with Gasteiger partial charge in [-0.2, -0.15) is 0 Å². The molecule has 0 saturated carbocycles. The van der Waals surface area contributed by atoms with Crippen LogP contribution >= 0.6 is 0 Å². The summed E-state index contributed by atoms with van der Waals surface area (Å²) in [5.74, 6) is 0.900. The fraction of sp³-hybridized carbons (Fsp3) is 0.184. The van der Waals surface area contributed by atoms with E-state index in [1.165, 1.54) is 83.0 Å². The average Bonchev–Trinajstić information content (AvgIpc) is 3.34. The van der Waals surface area contributed by atoms with Crippen LogP contribution in [-0.2, 0) is 16.8 Å². The molecular formula is C49H45NO. The Kier molecular flexibility index (Phi) is 8.07. The number of rotatable bonds is 7. The number of aryl methyl sites for hydroxylation is 4. The summed E-state index contributed by atoms with van der Waals surface area (Å²) in [6, 6.07) is 47.1. The molecule has 7 aromatic rings. The van der Waals surface area contributed by atoms with Crippen LogP contribution in [0.15, 0.2) is 133 Å². The van der Waals surface area contributed by atoms with Gasteiger partial charge in [0.2, 0.25) is 0 Å². The fourth-order valence-electron chi connectivity index (χ4n) is 8.27. The standard InChI is InChI=1S/C49H45NO/c1-31-22-33(3)48(34(4)23-31)50(43-20-21-45-44-14-10-11-15-46(44)49(6,7)47(45)29-43)42-19-18-39-26-36(16-17-40(39)28-42)25-35(5)51-30-41-27-38-13-9-8-12-37(38)24-32(41)2/h8-29H,30H2,1-7H3. The second-order valence-corrected chi connectivity index (χ2v) is 14.9. The largest absolute Gasteiger partial charge is 0.494 e. The van der Waals surface area contributed by atoms with Crippen LogP contribution in [0.3, 0.4) is 0 Å². The highest BCUT2D eigenvalue weighted by atomic mass is 16.5. The van der Waals surface area contributed by atoms with Crippen LogP contribution in [0.1, 0.15) is 65.3 Å². The van der Waals surface area contributed by atoms with Gasteiger partial charge in [0, 0.05) is 16.8 Å². The molecule has 7 aromatic carbocycles. The van der Waals surface area contributed by atoms with E-state index in [9.17, 15) is 0 Å². The van der Waals surface area contributed by atoms with Gasteiger partial charge in [0.25, 0.3) is 0 Å². The summed E-state index contributed by atoms with van der Waals surface area (Å²) in [5, 5.41) is 4.92. The van der Waals surface area contributed by atoms with E-state index in [2.05, 4.69) is 180 Å². The molecule has 0 atom stereocenters. The van der Waals surface area contributed by atoms with Crippen molar-refractivity contribution in [3.05, 3.63) is 178 Å². The predicted octanol–water partition coefficient (Wildman–Crippen LogP) is 13.6. The normalized spacial score (nSPS) is 13.4. The third-order valence-corrected chi connectivity index (χ3v) is 10.8. The van der Waals surface area contributed by atoms with Crippen molar-refractivity contribution in [3.8, 4) is 11.1 Å². The Morgan fingerprint density at radius 2 is 1.20 bits per heavy atom. The van der Waals surface area contributed by atoms with Crippen molar-refractivity contribution >= 4 is 44.7 Å².